The Balaban J connectivity index is 1.77. The molecule has 1 N–H and O–H groups in total. The van der Waals surface area contributed by atoms with Gasteiger partial charge in [0.1, 0.15) is 5.58 Å². The number of amides is 1. The molecule has 3 aromatic rings. The van der Waals surface area contributed by atoms with Crippen LogP contribution in [0, 0.1) is 6.92 Å². The van der Waals surface area contributed by atoms with Crippen LogP contribution in [0.15, 0.2) is 35.0 Å². The Morgan fingerprint density at radius 3 is 2.96 bits per heavy atom. The van der Waals surface area contributed by atoms with Crippen LogP contribution in [0.3, 0.4) is 0 Å². The number of likely N-dealkylation sites (N-methyl/N-ethyl adjacent to an activating group) is 1. The quantitative estimate of drug-likeness (QED) is 0.769. The predicted molar refractivity (Wildman–Crippen MR) is 94.7 cm³/mol. The lowest BCUT2D eigenvalue weighted by molar-refractivity contribution is 0.0998. The first-order valence-corrected chi connectivity index (χ1v) is 7.99. The number of carbonyl (C=O) groups excluding carboxylic acids is 1. The summed E-state index contributed by atoms with van der Waals surface area (Å²) in [4.78, 5) is 14.6. The first-order chi connectivity index (χ1) is 11.4. The van der Waals surface area contributed by atoms with Crippen molar-refractivity contribution in [3.8, 4) is 0 Å². The van der Waals surface area contributed by atoms with E-state index >= 15 is 0 Å². The third kappa shape index (κ3) is 3.44. The van der Waals surface area contributed by atoms with Crippen LogP contribution in [0.4, 0.5) is 5.69 Å². The Morgan fingerprint density at radius 2 is 2.21 bits per heavy atom. The molecule has 0 aliphatic heterocycles. The van der Waals surface area contributed by atoms with Crippen LogP contribution in [-0.2, 0) is 6.54 Å². The number of nitrogens with one attached hydrogen (secondary N) is 1. The number of rotatable bonds is 5. The third-order valence-corrected chi connectivity index (χ3v) is 4.01. The van der Waals surface area contributed by atoms with Crippen LogP contribution < -0.4 is 5.32 Å². The van der Waals surface area contributed by atoms with Crippen molar-refractivity contribution in [2.45, 2.75) is 13.5 Å². The minimum absolute atomic E-state index is 0.285. The Bertz CT molecular complexity index is 882. The van der Waals surface area contributed by atoms with E-state index < -0.39 is 0 Å². The zero-order valence-corrected chi connectivity index (χ0v) is 14.6. The summed E-state index contributed by atoms with van der Waals surface area (Å²) >= 11 is 6.01. The summed E-state index contributed by atoms with van der Waals surface area (Å²) in [5.74, 6) is -0.0136. The first kappa shape index (κ1) is 16.5. The highest BCUT2D eigenvalue weighted by Gasteiger charge is 2.18. The van der Waals surface area contributed by atoms with Gasteiger partial charge in [-0.3, -0.25) is 9.48 Å². The van der Waals surface area contributed by atoms with Gasteiger partial charge in [0.15, 0.2) is 5.76 Å². The molecule has 0 bridgehead atoms. The second-order valence-electron chi connectivity index (χ2n) is 5.95. The molecule has 6 nitrogen and oxygen atoms in total. The largest absolute Gasteiger partial charge is 0.451 e. The van der Waals surface area contributed by atoms with Crippen LogP contribution in [0.2, 0.25) is 5.02 Å². The van der Waals surface area contributed by atoms with Gasteiger partial charge in [0.2, 0.25) is 0 Å². The lowest BCUT2D eigenvalue weighted by atomic mass is 10.1. The SMILES string of the molecule is Cc1c(C(=O)Nc2cnn(CCN(C)C)c2)oc2ccc(Cl)cc12. The molecule has 0 unspecified atom stereocenters. The van der Waals surface area contributed by atoms with Gasteiger partial charge in [0.25, 0.3) is 5.91 Å². The highest BCUT2D eigenvalue weighted by atomic mass is 35.5. The predicted octanol–water partition coefficient (Wildman–Crippen LogP) is 3.41. The number of furan rings is 1. The average Bonchev–Trinajstić information content (AvgIpc) is 3.10. The van der Waals surface area contributed by atoms with Crippen molar-refractivity contribution in [2.24, 2.45) is 0 Å². The number of hydrogen-bond acceptors (Lipinski definition) is 4. The standard InChI is InChI=1S/C17H19ClN4O2/c1-11-14-8-12(18)4-5-15(14)24-16(11)17(23)20-13-9-19-22(10-13)7-6-21(2)3/h4-5,8-10H,6-7H2,1-3H3,(H,20,23). The Labute approximate surface area is 145 Å². The van der Waals surface area contributed by atoms with E-state index in [1.54, 1.807) is 35.3 Å². The minimum Gasteiger partial charge on any atom is -0.451 e. The number of anilines is 1. The average molecular weight is 347 g/mol. The van der Waals surface area contributed by atoms with Crippen molar-refractivity contribution in [3.63, 3.8) is 0 Å². The van der Waals surface area contributed by atoms with E-state index in [9.17, 15) is 4.79 Å². The Hall–Kier alpha value is -2.31. The normalized spacial score (nSPS) is 11.4. The number of benzene rings is 1. The van der Waals surface area contributed by atoms with E-state index in [0.717, 1.165) is 24.0 Å². The fourth-order valence-electron chi connectivity index (χ4n) is 2.45. The zero-order chi connectivity index (χ0) is 17.3. The maximum Gasteiger partial charge on any atom is 0.291 e. The summed E-state index contributed by atoms with van der Waals surface area (Å²) in [5, 5.41) is 8.51. The molecule has 2 heterocycles. The number of carbonyl (C=O) groups is 1. The Morgan fingerprint density at radius 1 is 1.42 bits per heavy atom. The lowest BCUT2D eigenvalue weighted by Gasteiger charge is -2.08. The van der Waals surface area contributed by atoms with Gasteiger partial charge < -0.3 is 14.6 Å². The molecule has 0 radical (unpaired) electrons. The summed E-state index contributed by atoms with van der Waals surface area (Å²) in [7, 11) is 4.01. The molecular weight excluding hydrogens is 328 g/mol. The molecule has 1 amide bonds. The van der Waals surface area contributed by atoms with Crippen molar-refractivity contribution in [1.82, 2.24) is 14.7 Å². The molecular formula is C17H19ClN4O2. The molecule has 0 aliphatic carbocycles. The third-order valence-electron chi connectivity index (χ3n) is 3.77. The Kier molecular flexibility index (Phi) is 4.59. The second kappa shape index (κ2) is 6.67. The number of halogens is 1. The van der Waals surface area contributed by atoms with Crippen molar-refractivity contribution in [3.05, 3.63) is 46.9 Å². The van der Waals surface area contributed by atoms with E-state index in [-0.39, 0.29) is 11.7 Å². The molecule has 3 rings (SSSR count). The molecule has 2 aromatic heterocycles. The van der Waals surface area contributed by atoms with E-state index in [4.69, 9.17) is 16.0 Å². The van der Waals surface area contributed by atoms with Crippen molar-refractivity contribution in [1.29, 1.82) is 0 Å². The van der Waals surface area contributed by atoms with Crippen LogP contribution in [0.1, 0.15) is 16.1 Å². The minimum atomic E-state index is -0.299. The van der Waals surface area contributed by atoms with Gasteiger partial charge in [-0.05, 0) is 39.2 Å². The maximum absolute atomic E-state index is 12.5. The van der Waals surface area contributed by atoms with Crippen molar-refractivity contribution < 1.29 is 9.21 Å². The van der Waals surface area contributed by atoms with Gasteiger partial charge in [-0.1, -0.05) is 11.6 Å². The first-order valence-electron chi connectivity index (χ1n) is 7.61. The van der Waals surface area contributed by atoms with Crippen LogP contribution in [0.25, 0.3) is 11.0 Å². The molecule has 0 fully saturated rings. The number of nitrogens with zero attached hydrogens (tertiary/aromatic N) is 3. The summed E-state index contributed by atoms with van der Waals surface area (Å²) in [6, 6.07) is 5.30. The number of aryl methyl sites for hydroxylation is 1. The molecule has 0 spiro atoms. The topological polar surface area (TPSA) is 63.3 Å². The summed E-state index contributed by atoms with van der Waals surface area (Å²) in [6.45, 7) is 3.47. The van der Waals surface area contributed by atoms with Gasteiger partial charge in [-0.15, -0.1) is 0 Å². The lowest BCUT2D eigenvalue weighted by Crippen LogP contribution is -2.18. The highest BCUT2D eigenvalue weighted by molar-refractivity contribution is 6.31. The van der Waals surface area contributed by atoms with Gasteiger partial charge in [0.05, 0.1) is 18.4 Å². The molecule has 0 saturated heterocycles. The molecule has 0 atom stereocenters. The number of fused-ring (bicyclic) bond motifs is 1. The van der Waals surface area contributed by atoms with Gasteiger partial charge in [-0.2, -0.15) is 5.10 Å². The fourth-order valence-corrected chi connectivity index (χ4v) is 2.62. The summed E-state index contributed by atoms with van der Waals surface area (Å²) in [5.41, 5.74) is 2.05. The highest BCUT2D eigenvalue weighted by Crippen LogP contribution is 2.28. The summed E-state index contributed by atoms with van der Waals surface area (Å²) in [6.07, 6.45) is 3.43. The van der Waals surface area contributed by atoms with Crippen molar-refractivity contribution in [2.75, 3.05) is 26.0 Å². The van der Waals surface area contributed by atoms with E-state index in [2.05, 4.69) is 15.3 Å². The number of hydrogen-bond donors (Lipinski definition) is 1. The van der Waals surface area contributed by atoms with Crippen molar-refractivity contribution >= 4 is 34.2 Å². The van der Waals surface area contributed by atoms with Crippen LogP contribution in [-0.4, -0.2) is 41.2 Å². The molecule has 0 aliphatic rings. The smallest absolute Gasteiger partial charge is 0.291 e. The molecule has 1 aromatic carbocycles. The monoisotopic (exact) mass is 346 g/mol. The van der Waals surface area contributed by atoms with Gasteiger partial charge in [0, 0.05) is 28.7 Å². The molecule has 7 heteroatoms. The molecule has 24 heavy (non-hydrogen) atoms. The van der Waals surface area contributed by atoms with E-state index in [1.165, 1.54) is 0 Å². The van der Waals surface area contributed by atoms with E-state index in [0.29, 0.717) is 16.3 Å². The second-order valence-corrected chi connectivity index (χ2v) is 6.38. The zero-order valence-electron chi connectivity index (χ0n) is 13.8. The van der Waals surface area contributed by atoms with Crippen LogP contribution in [0.5, 0.6) is 0 Å². The van der Waals surface area contributed by atoms with E-state index in [1.807, 2.05) is 21.0 Å². The number of aromatic nitrogens is 2. The van der Waals surface area contributed by atoms with Crippen LogP contribution >= 0.6 is 11.6 Å². The maximum atomic E-state index is 12.5. The molecule has 0 saturated carbocycles. The summed E-state index contributed by atoms with van der Waals surface area (Å²) < 4.78 is 7.46. The van der Waals surface area contributed by atoms with Gasteiger partial charge >= 0.3 is 0 Å². The molecule has 126 valence electrons. The van der Waals surface area contributed by atoms with Gasteiger partial charge in [-0.25, -0.2) is 0 Å². The fraction of sp³-hybridized carbons (Fsp3) is 0.294.